The lowest BCUT2D eigenvalue weighted by molar-refractivity contribution is 0.0504. The lowest BCUT2D eigenvalue weighted by Crippen LogP contribution is -2.37. The van der Waals surface area contributed by atoms with Crippen molar-refractivity contribution < 1.29 is 9.53 Å². The van der Waals surface area contributed by atoms with Gasteiger partial charge in [0.1, 0.15) is 0 Å². The summed E-state index contributed by atoms with van der Waals surface area (Å²) in [5, 5.41) is 0. The summed E-state index contributed by atoms with van der Waals surface area (Å²) in [6, 6.07) is 11.5. The smallest absolute Gasteiger partial charge is 0.254 e. The Morgan fingerprint density at radius 1 is 1.28 bits per heavy atom. The van der Waals surface area contributed by atoms with Gasteiger partial charge in [0.05, 0.1) is 34.1 Å². The van der Waals surface area contributed by atoms with Gasteiger partial charge in [-0.3, -0.25) is 9.78 Å². The summed E-state index contributed by atoms with van der Waals surface area (Å²) >= 11 is 1.58. The van der Waals surface area contributed by atoms with Crippen LogP contribution in [-0.4, -0.2) is 40.0 Å². The molecule has 1 aromatic carbocycles. The third kappa shape index (κ3) is 3.70. The highest BCUT2D eigenvalue weighted by Crippen LogP contribution is 2.21. The van der Waals surface area contributed by atoms with Gasteiger partial charge in [0.25, 0.3) is 5.91 Å². The predicted molar refractivity (Wildman–Crippen MR) is 97.6 cm³/mol. The Kier molecular flexibility index (Phi) is 4.72. The van der Waals surface area contributed by atoms with Crippen LogP contribution in [0.2, 0.25) is 0 Å². The van der Waals surface area contributed by atoms with Crippen LogP contribution in [0.15, 0.2) is 48.1 Å². The fourth-order valence-electron chi connectivity index (χ4n) is 3.11. The predicted octanol–water partition coefficient (Wildman–Crippen LogP) is 3.51. The number of thiazole rings is 1. The molecule has 2 aromatic heterocycles. The van der Waals surface area contributed by atoms with Gasteiger partial charge in [-0.15, -0.1) is 11.3 Å². The van der Waals surface area contributed by atoms with Crippen molar-refractivity contribution in [2.75, 3.05) is 13.2 Å². The first-order chi connectivity index (χ1) is 12.3. The summed E-state index contributed by atoms with van der Waals surface area (Å²) in [5.74, 6) is -0.00365. The lowest BCUT2D eigenvalue weighted by Gasteiger charge is -2.25. The maximum atomic E-state index is 13.1. The molecule has 6 heteroatoms. The SMILES string of the molecule is O=C(c1ccc2scnc2c1)N(Cc1ccccn1)C[C@@H]1CCCO1. The summed E-state index contributed by atoms with van der Waals surface area (Å²) in [4.78, 5) is 23.6. The zero-order valence-electron chi connectivity index (χ0n) is 13.8. The Bertz CT molecular complexity index is 859. The van der Waals surface area contributed by atoms with Crippen LogP contribution in [0.4, 0.5) is 0 Å². The molecule has 0 radical (unpaired) electrons. The van der Waals surface area contributed by atoms with Crippen molar-refractivity contribution in [2.24, 2.45) is 0 Å². The average Bonchev–Trinajstić information content (AvgIpc) is 3.32. The Hall–Kier alpha value is -2.31. The Morgan fingerprint density at radius 3 is 3.04 bits per heavy atom. The van der Waals surface area contributed by atoms with Crippen molar-refractivity contribution in [3.63, 3.8) is 0 Å². The van der Waals surface area contributed by atoms with Gasteiger partial charge < -0.3 is 9.64 Å². The van der Waals surface area contributed by atoms with Crippen LogP contribution < -0.4 is 0 Å². The first kappa shape index (κ1) is 16.2. The van der Waals surface area contributed by atoms with Crippen molar-refractivity contribution in [2.45, 2.75) is 25.5 Å². The summed E-state index contributed by atoms with van der Waals surface area (Å²) in [6.45, 7) is 1.85. The van der Waals surface area contributed by atoms with Crippen LogP contribution in [-0.2, 0) is 11.3 Å². The van der Waals surface area contributed by atoms with E-state index in [1.807, 2.05) is 41.3 Å². The zero-order valence-corrected chi connectivity index (χ0v) is 14.6. The quantitative estimate of drug-likeness (QED) is 0.704. The van der Waals surface area contributed by atoms with Crippen LogP contribution >= 0.6 is 11.3 Å². The van der Waals surface area contributed by atoms with E-state index in [-0.39, 0.29) is 12.0 Å². The summed E-state index contributed by atoms with van der Waals surface area (Å²) in [5.41, 5.74) is 4.21. The molecule has 0 saturated carbocycles. The van der Waals surface area contributed by atoms with E-state index in [0.29, 0.717) is 18.7 Å². The highest BCUT2D eigenvalue weighted by Gasteiger charge is 2.24. The average molecular weight is 353 g/mol. The molecule has 3 aromatic rings. The first-order valence-electron chi connectivity index (χ1n) is 8.43. The van der Waals surface area contributed by atoms with E-state index in [4.69, 9.17) is 4.74 Å². The van der Waals surface area contributed by atoms with Crippen LogP contribution in [0.1, 0.15) is 28.9 Å². The fraction of sp³-hybridized carbons (Fsp3) is 0.316. The molecule has 25 heavy (non-hydrogen) atoms. The standard InChI is InChI=1S/C19H19N3O2S/c23-19(14-6-7-18-17(10-14)21-13-25-18)22(12-16-5-3-9-24-16)11-15-4-1-2-8-20-15/h1-2,4,6-8,10,13,16H,3,5,9,11-12H2/t16-/m0/s1. The van der Waals surface area contributed by atoms with Gasteiger partial charge in [0, 0.05) is 24.9 Å². The zero-order chi connectivity index (χ0) is 17.1. The minimum absolute atomic E-state index is 0.00365. The molecule has 3 heterocycles. The summed E-state index contributed by atoms with van der Waals surface area (Å²) < 4.78 is 6.83. The van der Waals surface area contributed by atoms with Crippen LogP contribution in [0.5, 0.6) is 0 Å². The number of hydrogen-bond donors (Lipinski definition) is 0. The third-order valence-corrected chi connectivity index (χ3v) is 5.20. The molecular weight excluding hydrogens is 334 g/mol. The summed E-state index contributed by atoms with van der Waals surface area (Å²) in [6.07, 6.45) is 3.92. The highest BCUT2D eigenvalue weighted by atomic mass is 32.1. The molecule has 1 aliphatic rings. The molecule has 1 amide bonds. The van der Waals surface area contributed by atoms with E-state index < -0.39 is 0 Å². The normalized spacial score (nSPS) is 17.0. The van der Waals surface area contributed by atoms with Crippen LogP contribution in [0.3, 0.4) is 0 Å². The first-order valence-corrected chi connectivity index (χ1v) is 9.31. The number of carbonyl (C=O) groups excluding carboxylic acids is 1. The molecular formula is C19H19N3O2S. The van der Waals surface area contributed by atoms with Gasteiger partial charge in [-0.1, -0.05) is 6.07 Å². The van der Waals surface area contributed by atoms with E-state index in [0.717, 1.165) is 35.4 Å². The second kappa shape index (κ2) is 7.29. The molecule has 1 atom stereocenters. The van der Waals surface area contributed by atoms with Crippen LogP contribution in [0.25, 0.3) is 10.2 Å². The van der Waals surface area contributed by atoms with Gasteiger partial charge in [-0.05, 0) is 43.2 Å². The van der Waals surface area contributed by atoms with E-state index in [1.165, 1.54) is 0 Å². The number of ether oxygens (including phenoxy) is 1. The van der Waals surface area contributed by atoms with Crippen molar-refractivity contribution in [3.05, 3.63) is 59.4 Å². The Balaban J connectivity index is 1.59. The fourth-order valence-corrected chi connectivity index (χ4v) is 3.77. The summed E-state index contributed by atoms with van der Waals surface area (Å²) in [7, 11) is 0. The number of rotatable bonds is 5. The maximum absolute atomic E-state index is 13.1. The van der Waals surface area contributed by atoms with Crippen molar-refractivity contribution in [1.82, 2.24) is 14.9 Å². The van der Waals surface area contributed by atoms with Gasteiger partial charge in [-0.2, -0.15) is 0 Å². The van der Waals surface area contributed by atoms with Gasteiger partial charge >= 0.3 is 0 Å². The highest BCUT2D eigenvalue weighted by molar-refractivity contribution is 7.16. The van der Waals surface area contributed by atoms with Gasteiger partial charge in [0.15, 0.2) is 0 Å². The van der Waals surface area contributed by atoms with Crippen molar-refractivity contribution in [1.29, 1.82) is 0 Å². The molecule has 0 unspecified atom stereocenters. The molecule has 0 aliphatic carbocycles. The number of nitrogens with zero attached hydrogens (tertiary/aromatic N) is 3. The number of hydrogen-bond acceptors (Lipinski definition) is 5. The minimum Gasteiger partial charge on any atom is -0.376 e. The second-order valence-electron chi connectivity index (χ2n) is 6.18. The molecule has 1 fully saturated rings. The number of aromatic nitrogens is 2. The van der Waals surface area contributed by atoms with Crippen molar-refractivity contribution >= 4 is 27.5 Å². The molecule has 128 valence electrons. The van der Waals surface area contributed by atoms with E-state index in [1.54, 1.807) is 23.0 Å². The van der Waals surface area contributed by atoms with E-state index in [9.17, 15) is 4.79 Å². The Morgan fingerprint density at radius 2 is 2.24 bits per heavy atom. The number of fused-ring (bicyclic) bond motifs is 1. The molecule has 1 aliphatic heterocycles. The number of pyridine rings is 1. The molecule has 0 N–H and O–H groups in total. The molecule has 4 rings (SSSR count). The third-order valence-electron chi connectivity index (χ3n) is 4.39. The Labute approximate surface area is 150 Å². The van der Waals surface area contributed by atoms with Crippen LogP contribution in [0, 0.1) is 0 Å². The van der Waals surface area contributed by atoms with Crippen molar-refractivity contribution in [3.8, 4) is 0 Å². The number of benzene rings is 1. The van der Waals surface area contributed by atoms with Gasteiger partial charge in [-0.25, -0.2) is 4.98 Å². The van der Waals surface area contributed by atoms with E-state index in [2.05, 4.69) is 9.97 Å². The topological polar surface area (TPSA) is 55.3 Å². The molecule has 5 nitrogen and oxygen atoms in total. The minimum atomic E-state index is -0.00365. The molecule has 0 spiro atoms. The number of amides is 1. The second-order valence-corrected chi connectivity index (χ2v) is 7.06. The largest absolute Gasteiger partial charge is 0.376 e. The lowest BCUT2D eigenvalue weighted by atomic mass is 10.1. The molecule has 0 bridgehead atoms. The maximum Gasteiger partial charge on any atom is 0.254 e. The molecule has 1 saturated heterocycles. The number of carbonyl (C=O) groups is 1. The van der Waals surface area contributed by atoms with Gasteiger partial charge in [0.2, 0.25) is 0 Å². The monoisotopic (exact) mass is 353 g/mol. The van der Waals surface area contributed by atoms with E-state index >= 15 is 0 Å².